The number of ketones is 1. The van der Waals surface area contributed by atoms with Crippen molar-refractivity contribution in [3.8, 4) is 0 Å². The topological polar surface area (TPSA) is 143 Å². The van der Waals surface area contributed by atoms with Crippen molar-refractivity contribution in [1.82, 2.24) is 21.3 Å². The van der Waals surface area contributed by atoms with Gasteiger partial charge in [-0.05, 0) is 69.3 Å². The maximum absolute atomic E-state index is 13.4. The first-order valence-corrected chi connectivity index (χ1v) is 14.6. The van der Waals surface area contributed by atoms with E-state index in [1.54, 1.807) is 0 Å². The summed E-state index contributed by atoms with van der Waals surface area (Å²) in [6, 6.07) is 7.95. The summed E-state index contributed by atoms with van der Waals surface area (Å²) < 4.78 is 5.81. The molecular formula is C30H42N4O6. The highest BCUT2D eigenvalue weighted by Crippen LogP contribution is 2.31. The Labute approximate surface area is 235 Å². The van der Waals surface area contributed by atoms with E-state index in [2.05, 4.69) is 33.4 Å². The van der Waals surface area contributed by atoms with Crippen LogP contribution in [0.25, 0.3) is 0 Å². The zero-order valence-corrected chi connectivity index (χ0v) is 23.4. The summed E-state index contributed by atoms with van der Waals surface area (Å²) in [5, 5.41) is 10.8. The van der Waals surface area contributed by atoms with Gasteiger partial charge < -0.3 is 26.0 Å². The number of rotatable bonds is 13. The molecule has 10 heteroatoms. The summed E-state index contributed by atoms with van der Waals surface area (Å²) in [4.78, 5) is 64.2. The number of alkyl carbamates (subject to hydrolysis) is 1. The minimum Gasteiger partial charge on any atom is -0.446 e. The molecular weight excluding hydrogens is 512 g/mol. The summed E-state index contributed by atoms with van der Waals surface area (Å²) in [7, 11) is 0. The van der Waals surface area contributed by atoms with E-state index < -0.39 is 41.7 Å². The molecule has 4 N–H and O–H groups in total. The third-order valence-electron chi connectivity index (χ3n) is 7.96. The van der Waals surface area contributed by atoms with Crippen molar-refractivity contribution in [3.05, 3.63) is 35.9 Å². The van der Waals surface area contributed by atoms with Gasteiger partial charge in [0.1, 0.15) is 12.1 Å². The van der Waals surface area contributed by atoms with Crippen LogP contribution in [0.15, 0.2) is 30.3 Å². The molecule has 4 rings (SSSR count). The average molecular weight is 555 g/mol. The van der Waals surface area contributed by atoms with Gasteiger partial charge in [-0.1, -0.05) is 44.2 Å². The Bertz CT molecular complexity index is 1070. The molecule has 4 amide bonds. The smallest absolute Gasteiger partial charge is 0.408 e. The van der Waals surface area contributed by atoms with E-state index in [9.17, 15) is 24.0 Å². The van der Waals surface area contributed by atoms with E-state index in [1.807, 2.05) is 32.0 Å². The minimum atomic E-state index is -1.17. The highest BCUT2D eigenvalue weighted by Gasteiger charge is 2.38. The van der Waals surface area contributed by atoms with Crippen LogP contribution in [-0.4, -0.2) is 60.4 Å². The third kappa shape index (κ3) is 8.53. The second-order valence-corrected chi connectivity index (χ2v) is 11.8. The van der Waals surface area contributed by atoms with Crippen LogP contribution in [0.5, 0.6) is 0 Å². The highest BCUT2D eigenvalue weighted by molar-refractivity contribution is 6.38. The lowest BCUT2D eigenvalue weighted by atomic mass is 9.94. The molecule has 2 aliphatic carbocycles. The molecule has 0 aromatic heterocycles. The van der Waals surface area contributed by atoms with Crippen LogP contribution in [0.1, 0.15) is 70.8 Å². The van der Waals surface area contributed by atoms with E-state index in [0.29, 0.717) is 19.4 Å². The Morgan fingerprint density at radius 2 is 1.73 bits per heavy atom. The van der Waals surface area contributed by atoms with Crippen molar-refractivity contribution >= 4 is 29.6 Å². The summed E-state index contributed by atoms with van der Waals surface area (Å²) in [6.45, 7) is 4.34. The number of Topliss-reactive ketones (excluding diaryl/α,β-unsaturated/α-hetero) is 1. The predicted molar refractivity (Wildman–Crippen MR) is 148 cm³/mol. The monoisotopic (exact) mass is 554 g/mol. The van der Waals surface area contributed by atoms with E-state index in [0.717, 1.165) is 38.5 Å². The van der Waals surface area contributed by atoms with Crippen LogP contribution in [0.2, 0.25) is 0 Å². The molecule has 1 heterocycles. The lowest BCUT2D eigenvalue weighted by Gasteiger charge is -2.26. The van der Waals surface area contributed by atoms with Gasteiger partial charge in [0.15, 0.2) is 0 Å². The van der Waals surface area contributed by atoms with Crippen molar-refractivity contribution in [2.45, 2.75) is 95.9 Å². The average Bonchev–Trinajstić information content (AvgIpc) is 3.49. The lowest BCUT2D eigenvalue weighted by molar-refractivity contribution is -0.141. The molecule has 10 nitrogen and oxygen atoms in total. The Balaban J connectivity index is 1.39. The predicted octanol–water partition coefficient (Wildman–Crippen LogP) is 2.40. The molecule has 218 valence electrons. The number of carbonyl (C=O) groups excluding carboxylic acids is 5. The van der Waals surface area contributed by atoms with E-state index in [1.165, 1.54) is 5.56 Å². The third-order valence-corrected chi connectivity index (χ3v) is 7.96. The van der Waals surface area contributed by atoms with Gasteiger partial charge in [-0.2, -0.15) is 0 Å². The van der Waals surface area contributed by atoms with Gasteiger partial charge in [-0.15, -0.1) is 0 Å². The number of ether oxygens (including phenoxy) is 1. The van der Waals surface area contributed by atoms with Crippen molar-refractivity contribution in [2.24, 2.45) is 17.8 Å². The van der Waals surface area contributed by atoms with Crippen molar-refractivity contribution in [1.29, 1.82) is 0 Å². The number of hydrogen-bond acceptors (Lipinski definition) is 6. The van der Waals surface area contributed by atoms with Gasteiger partial charge in [0.25, 0.3) is 5.91 Å². The van der Waals surface area contributed by atoms with Gasteiger partial charge in [-0.25, -0.2) is 4.79 Å². The molecule has 0 radical (unpaired) electrons. The maximum atomic E-state index is 13.4. The number of amides is 4. The molecule has 1 saturated heterocycles. The van der Waals surface area contributed by atoms with Gasteiger partial charge >= 0.3 is 6.09 Å². The van der Waals surface area contributed by atoms with Crippen LogP contribution >= 0.6 is 0 Å². The van der Waals surface area contributed by atoms with Crippen molar-refractivity contribution in [2.75, 3.05) is 6.54 Å². The Hall–Kier alpha value is -3.43. The number of hydrogen-bond donors (Lipinski definition) is 4. The van der Waals surface area contributed by atoms with Crippen LogP contribution < -0.4 is 21.3 Å². The summed E-state index contributed by atoms with van der Waals surface area (Å²) in [5.74, 6) is -2.53. The highest BCUT2D eigenvalue weighted by atomic mass is 16.6. The second kappa shape index (κ2) is 13.8. The lowest BCUT2D eigenvalue weighted by Crippen LogP contribution is -2.55. The van der Waals surface area contributed by atoms with Gasteiger partial charge in [0, 0.05) is 24.4 Å². The number of nitrogens with one attached hydrogen (secondary N) is 4. The fourth-order valence-electron chi connectivity index (χ4n) is 5.63. The van der Waals surface area contributed by atoms with Crippen molar-refractivity contribution < 1.29 is 28.7 Å². The summed E-state index contributed by atoms with van der Waals surface area (Å²) in [6.07, 6.45) is 5.09. The normalized spacial score (nSPS) is 23.7. The zero-order chi connectivity index (χ0) is 28.6. The zero-order valence-electron chi connectivity index (χ0n) is 23.4. The number of benzene rings is 1. The Morgan fingerprint density at radius 1 is 0.975 bits per heavy atom. The van der Waals surface area contributed by atoms with Crippen LogP contribution in [0.3, 0.4) is 0 Å². The van der Waals surface area contributed by atoms with Crippen LogP contribution in [0.4, 0.5) is 4.79 Å². The van der Waals surface area contributed by atoms with Gasteiger partial charge in [0.2, 0.25) is 17.6 Å². The molecule has 1 aromatic rings. The largest absolute Gasteiger partial charge is 0.446 e. The van der Waals surface area contributed by atoms with Gasteiger partial charge in [0.05, 0.1) is 6.04 Å². The SMILES string of the molecule is CC(C)CC(NC(=O)OC1CCCC1Cc1ccccc1)C(=O)NC(C[C@@H]1CCNC1=O)C(=O)C(=O)NC1CC1. The molecule has 3 aliphatic rings. The maximum Gasteiger partial charge on any atom is 0.408 e. The molecule has 1 aliphatic heterocycles. The van der Waals surface area contributed by atoms with E-state index >= 15 is 0 Å². The van der Waals surface area contributed by atoms with E-state index in [-0.39, 0.29) is 36.3 Å². The van der Waals surface area contributed by atoms with Gasteiger partial charge in [-0.3, -0.25) is 19.2 Å². The standard InChI is InChI=1S/C30H42N4O6/c1-18(2)15-24(34-30(39)40-25-10-6-9-20(25)16-19-7-4-3-5-8-19)28(37)33-23(17-21-13-14-31-27(21)36)26(35)29(38)32-22-11-12-22/h3-5,7-8,18,20-25H,6,9-17H2,1-2H3,(H,31,36)(H,32,38)(H,33,37)(H,34,39)/t20?,21-,23?,24?,25?/m0/s1. The molecule has 0 spiro atoms. The Morgan fingerprint density at radius 3 is 2.38 bits per heavy atom. The van der Waals surface area contributed by atoms with Crippen LogP contribution in [0, 0.1) is 17.8 Å². The summed E-state index contributed by atoms with van der Waals surface area (Å²) in [5.41, 5.74) is 1.19. The second-order valence-electron chi connectivity index (χ2n) is 11.8. The fraction of sp³-hybridized carbons (Fsp3) is 0.633. The first-order valence-electron chi connectivity index (χ1n) is 14.6. The molecule has 3 fully saturated rings. The first-order chi connectivity index (χ1) is 19.2. The molecule has 0 bridgehead atoms. The minimum absolute atomic E-state index is 0.0194. The molecule has 2 saturated carbocycles. The molecule has 4 unspecified atom stereocenters. The quantitative estimate of drug-likeness (QED) is 0.276. The van der Waals surface area contributed by atoms with Crippen LogP contribution in [-0.2, 0) is 30.3 Å². The Kier molecular flexibility index (Phi) is 10.2. The fourth-order valence-corrected chi connectivity index (χ4v) is 5.63. The number of carbonyl (C=O) groups is 5. The van der Waals surface area contributed by atoms with Crippen molar-refractivity contribution in [3.63, 3.8) is 0 Å². The molecule has 1 aromatic carbocycles. The molecule has 40 heavy (non-hydrogen) atoms. The summed E-state index contributed by atoms with van der Waals surface area (Å²) >= 11 is 0. The first kappa shape index (κ1) is 29.6. The van der Waals surface area contributed by atoms with E-state index in [4.69, 9.17) is 4.74 Å². The molecule has 5 atom stereocenters.